The minimum absolute atomic E-state index is 0.00723. The van der Waals surface area contributed by atoms with Crippen molar-refractivity contribution in [1.29, 1.82) is 0 Å². The molecular weight excluding hydrogens is 298 g/mol. The molecule has 2 heterocycles. The maximum absolute atomic E-state index is 12.0. The molecule has 0 aliphatic rings. The molecule has 1 aromatic carbocycles. The summed E-state index contributed by atoms with van der Waals surface area (Å²) in [6.45, 7) is 0.627. The molecule has 2 aromatic heterocycles. The second-order valence-electron chi connectivity index (χ2n) is 5.03. The number of aryl methyl sites for hydroxylation is 1. The Morgan fingerprint density at radius 2 is 2.23 bits per heavy atom. The van der Waals surface area contributed by atoms with Crippen LogP contribution in [0.3, 0.4) is 0 Å². The number of hydrogen-bond donors (Lipinski definition) is 3. The van der Waals surface area contributed by atoms with Crippen LogP contribution in [0.15, 0.2) is 29.6 Å². The number of aromatic nitrogens is 3. The first-order chi connectivity index (χ1) is 10.7. The van der Waals surface area contributed by atoms with Crippen molar-refractivity contribution in [3.05, 3.63) is 41.0 Å². The SMILES string of the molecule is Nc1nc(CCCNC(=O)Cc2[nH]nc3ccccc23)cs1. The molecule has 3 rings (SSSR count). The molecule has 7 heteroatoms. The summed E-state index contributed by atoms with van der Waals surface area (Å²) in [6, 6.07) is 7.76. The quantitative estimate of drug-likeness (QED) is 0.605. The van der Waals surface area contributed by atoms with E-state index in [9.17, 15) is 4.79 Å². The normalized spacial score (nSPS) is 10.9. The standard InChI is InChI=1S/C15H17N5OS/c16-15-18-10(9-22-15)4-3-7-17-14(21)8-13-11-5-1-2-6-12(11)19-20-13/h1-2,5-6,9H,3-4,7-8H2,(H2,16,18)(H,17,21)(H,19,20). The van der Waals surface area contributed by atoms with E-state index in [0.717, 1.165) is 35.1 Å². The molecule has 22 heavy (non-hydrogen) atoms. The Kier molecular flexibility index (Phi) is 4.34. The molecule has 0 unspecified atom stereocenters. The maximum Gasteiger partial charge on any atom is 0.226 e. The number of thiazole rings is 1. The molecule has 114 valence electrons. The van der Waals surface area contributed by atoms with Crippen molar-refractivity contribution in [1.82, 2.24) is 20.5 Å². The van der Waals surface area contributed by atoms with Gasteiger partial charge in [0.15, 0.2) is 5.13 Å². The summed E-state index contributed by atoms with van der Waals surface area (Å²) in [5, 5.41) is 13.6. The van der Waals surface area contributed by atoms with E-state index in [1.54, 1.807) is 0 Å². The number of carbonyl (C=O) groups is 1. The number of carbonyl (C=O) groups excluding carboxylic acids is 1. The number of nitrogens with one attached hydrogen (secondary N) is 2. The summed E-state index contributed by atoms with van der Waals surface area (Å²) >= 11 is 1.44. The number of nitrogens with two attached hydrogens (primary N) is 1. The van der Waals surface area contributed by atoms with Crippen molar-refractivity contribution in [2.75, 3.05) is 12.3 Å². The van der Waals surface area contributed by atoms with Crippen molar-refractivity contribution in [3.8, 4) is 0 Å². The highest BCUT2D eigenvalue weighted by molar-refractivity contribution is 7.13. The highest BCUT2D eigenvalue weighted by Gasteiger charge is 2.09. The van der Waals surface area contributed by atoms with Gasteiger partial charge in [-0.25, -0.2) is 4.98 Å². The van der Waals surface area contributed by atoms with E-state index in [4.69, 9.17) is 5.73 Å². The van der Waals surface area contributed by atoms with E-state index in [1.807, 2.05) is 29.6 Å². The van der Waals surface area contributed by atoms with E-state index in [-0.39, 0.29) is 5.91 Å². The predicted octanol–water partition coefficient (Wildman–Crippen LogP) is 1.89. The number of benzene rings is 1. The molecule has 4 N–H and O–H groups in total. The fourth-order valence-corrected chi connectivity index (χ4v) is 2.90. The van der Waals surface area contributed by atoms with Gasteiger partial charge in [0.2, 0.25) is 5.91 Å². The molecule has 1 amide bonds. The molecule has 0 aliphatic heterocycles. The fourth-order valence-electron chi connectivity index (χ4n) is 2.31. The third kappa shape index (κ3) is 3.43. The van der Waals surface area contributed by atoms with Crippen molar-refractivity contribution < 1.29 is 4.79 Å². The number of para-hydroxylation sites is 1. The van der Waals surface area contributed by atoms with Gasteiger partial charge >= 0.3 is 0 Å². The highest BCUT2D eigenvalue weighted by atomic mass is 32.1. The molecular formula is C15H17N5OS. The van der Waals surface area contributed by atoms with Gasteiger partial charge in [0.25, 0.3) is 0 Å². The minimum atomic E-state index is -0.00723. The zero-order chi connectivity index (χ0) is 15.4. The summed E-state index contributed by atoms with van der Waals surface area (Å²) in [7, 11) is 0. The highest BCUT2D eigenvalue weighted by Crippen LogP contribution is 2.15. The smallest absolute Gasteiger partial charge is 0.226 e. The van der Waals surface area contributed by atoms with Crippen molar-refractivity contribution in [2.45, 2.75) is 19.3 Å². The monoisotopic (exact) mass is 315 g/mol. The second-order valence-corrected chi connectivity index (χ2v) is 5.92. The van der Waals surface area contributed by atoms with Crippen LogP contribution >= 0.6 is 11.3 Å². The third-order valence-corrected chi connectivity index (χ3v) is 4.10. The van der Waals surface area contributed by atoms with Crippen LogP contribution < -0.4 is 11.1 Å². The van der Waals surface area contributed by atoms with Gasteiger partial charge in [0.1, 0.15) is 0 Å². The van der Waals surface area contributed by atoms with Gasteiger partial charge < -0.3 is 11.1 Å². The van der Waals surface area contributed by atoms with Gasteiger partial charge in [-0.1, -0.05) is 18.2 Å². The van der Waals surface area contributed by atoms with Crippen LogP contribution in [0, 0.1) is 0 Å². The molecule has 0 saturated heterocycles. The summed E-state index contributed by atoms with van der Waals surface area (Å²) in [6.07, 6.45) is 1.98. The number of rotatable bonds is 6. The second kappa shape index (κ2) is 6.57. The summed E-state index contributed by atoms with van der Waals surface area (Å²) in [4.78, 5) is 16.2. The van der Waals surface area contributed by atoms with Gasteiger partial charge in [-0.3, -0.25) is 9.89 Å². The minimum Gasteiger partial charge on any atom is -0.375 e. The summed E-state index contributed by atoms with van der Waals surface area (Å²) in [5.41, 5.74) is 8.29. The number of nitrogens with zero attached hydrogens (tertiary/aromatic N) is 2. The lowest BCUT2D eigenvalue weighted by Crippen LogP contribution is -2.26. The molecule has 0 radical (unpaired) electrons. The van der Waals surface area contributed by atoms with E-state index in [0.29, 0.717) is 18.1 Å². The van der Waals surface area contributed by atoms with Crippen LogP contribution in [-0.2, 0) is 17.6 Å². The van der Waals surface area contributed by atoms with Gasteiger partial charge in [0, 0.05) is 17.3 Å². The van der Waals surface area contributed by atoms with E-state index in [1.165, 1.54) is 11.3 Å². The zero-order valence-electron chi connectivity index (χ0n) is 12.0. The number of hydrogen-bond acceptors (Lipinski definition) is 5. The van der Waals surface area contributed by atoms with Crippen LogP contribution in [0.25, 0.3) is 10.9 Å². The molecule has 0 saturated carbocycles. The van der Waals surface area contributed by atoms with Crippen molar-refractivity contribution in [2.24, 2.45) is 0 Å². The van der Waals surface area contributed by atoms with Gasteiger partial charge in [0.05, 0.1) is 23.3 Å². The van der Waals surface area contributed by atoms with E-state index < -0.39 is 0 Å². The first kappa shape index (κ1) is 14.5. The lowest BCUT2D eigenvalue weighted by Gasteiger charge is -2.03. The fraction of sp³-hybridized carbons (Fsp3) is 0.267. The first-order valence-corrected chi connectivity index (χ1v) is 7.99. The van der Waals surface area contributed by atoms with Crippen molar-refractivity contribution in [3.63, 3.8) is 0 Å². The Balaban J connectivity index is 1.46. The molecule has 0 atom stereocenters. The average Bonchev–Trinajstić information content (AvgIpc) is 3.11. The number of anilines is 1. The number of fused-ring (bicyclic) bond motifs is 1. The zero-order valence-corrected chi connectivity index (χ0v) is 12.8. The Hall–Kier alpha value is -2.41. The molecule has 0 fully saturated rings. The Labute approximate surface area is 131 Å². The van der Waals surface area contributed by atoms with Gasteiger partial charge in [-0.05, 0) is 18.9 Å². The van der Waals surface area contributed by atoms with Crippen LogP contribution in [0.5, 0.6) is 0 Å². The lowest BCUT2D eigenvalue weighted by molar-refractivity contribution is -0.120. The number of H-pyrrole nitrogens is 1. The van der Waals surface area contributed by atoms with Crippen molar-refractivity contribution >= 4 is 33.3 Å². The third-order valence-electron chi connectivity index (χ3n) is 3.38. The first-order valence-electron chi connectivity index (χ1n) is 7.11. The van der Waals surface area contributed by atoms with Crippen LogP contribution in [0.2, 0.25) is 0 Å². The number of nitrogen functional groups attached to an aromatic ring is 1. The number of amides is 1. The van der Waals surface area contributed by atoms with Crippen LogP contribution in [0.1, 0.15) is 17.8 Å². The Bertz CT molecular complexity index is 779. The molecule has 6 nitrogen and oxygen atoms in total. The van der Waals surface area contributed by atoms with E-state index >= 15 is 0 Å². The maximum atomic E-state index is 12.0. The average molecular weight is 315 g/mol. The Morgan fingerprint density at radius 1 is 1.36 bits per heavy atom. The Morgan fingerprint density at radius 3 is 3.05 bits per heavy atom. The topological polar surface area (TPSA) is 96.7 Å². The van der Waals surface area contributed by atoms with E-state index in [2.05, 4.69) is 20.5 Å². The summed E-state index contributed by atoms with van der Waals surface area (Å²) < 4.78 is 0. The van der Waals surface area contributed by atoms with Gasteiger partial charge in [-0.15, -0.1) is 11.3 Å². The molecule has 3 aromatic rings. The molecule has 0 aliphatic carbocycles. The predicted molar refractivity (Wildman–Crippen MR) is 87.7 cm³/mol. The molecule has 0 spiro atoms. The van der Waals surface area contributed by atoms with Crippen LogP contribution in [0.4, 0.5) is 5.13 Å². The largest absolute Gasteiger partial charge is 0.375 e. The molecule has 0 bridgehead atoms. The number of aromatic amines is 1. The lowest BCUT2D eigenvalue weighted by atomic mass is 10.1. The summed E-state index contributed by atoms with van der Waals surface area (Å²) in [5.74, 6) is -0.00723. The van der Waals surface area contributed by atoms with Gasteiger partial charge in [-0.2, -0.15) is 5.10 Å². The van der Waals surface area contributed by atoms with Crippen LogP contribution in [-0.4, -0.2) is 27.6 Å².